The Morgan fingerprint density at radius 3 is 2.04 bits per heavy atom. The number of carbonyl (C=O) groups is 3. The molecule has 0 radical (unpaired) electrons. The third-order valence-electron chi connectivity index (χ3n) is 4.95. The van der Waals surface area contributed by atoms with Crippen molar-refractivity contribution in [2.45, 2.75) is 25.3 Å². The highest BCUT2D eigenvalue weighted by Crippen LogP contribution is 2.41. The Balaban J connectivity index is 1.93. The van der Waals surface area contributed by atoms with Crippen molar-refractivity contribution >= 4 is 17.6 Å². The van der Waals surface area contributed by atoms with E-state index in [0.29, 0.717) is 24.0 Å². The number of Topliss-reactive ketones (excluding diaryl/α,β-unsaturated/α-hetero) is 1. The Bertz CT molecular complexity index is 835. The molecule has 0 saturated carbocycles. The largest absolute Gasteiger partial charge is 0.297 e. The minimum absolute atomic E-state index is 0.0919. The van der Waals surface area contributed by atoms with Crippen LogP contribution in [0.25, 0.3) is 0 Å². The van der Waals surface area contributed by atoms with Crippen molar-refractivity contribution < 1.29 is 14.4 Å². The average molecular weight is 305 g/mol. The first-order chi connectivity index (χ1) is 11.0. The maximum atomic E-state index is 12.8. The Hall–Kier alpha value is -2.75. The lowest BCUT2D eigenvalue weighted by atomic mass is 9.75. The van der Waals surface area contributed by atoms with Gasteiger partial charge in [-0.15, -0.1) is 0 Å². The van der Waals surface area contributed by atoms with E-state index in [4.69, 9.17) is 0 Å². The van der Waals surface area contributed by atoms with E-state index in [-0.39, 0.29) is 5.78 Å². The monoisotopic (exact) mass is 305 g/mol. The van der Waals surface area contributed by atoms with Crippen LogP contribution in [0.3, 0.4) is 0 Å². The van der Waals surface area contributed by atoms with Crippen LogP contribution in [-0.2, 0) is 16.8 Å². The lowest BCUT2D eigenvalue weighted by Crippen LogP contribution is -2.54. The molecular formula is C19H15NO3. The molecule has 4 nitrogen and oxygen atoms in total. The first-order valence-corrected chi connectivity index (χ1v) is 7.65. The van der Waals surface area contributed by atoms with Crippen LogP contribution in [0.4, 0.5) is 0 Å². The van der Waals surface area contributed by atoms with Crippen molar-refractivity contribution in [1.29, 1.82) is 0 Å². The Labute approximate surface area is 133 Å². The highest BCUT2D eigenvalue weighted by Gasteiger charge is 2.53. The van der Waals surface area contributed by atoms with Crippen LogP contribution < -0.4 is 0 Å². The van der Waals surface area contributed by atoms with Crippen molar-refractivity contribution in [3.8, 4) is 0 Å². The number of imide groups is 1. The number of amides is 2. The second-order valence-electron chi connectivity index (χ2n) is 6.14. The maximum Gasteiger partial charge on any atom is 0.262 e. The maximum absolute atomic E-state index is 12.8. The number of hydrogen-bond donors (Lipinski definition) is 0. The fourth-order valence-electron chi connectivity index (χ4n) is 3.70. The first-order valence-electron chi connectivity index (χ1n) is 7.65. The van der Waals surface area contributed by atoms with Gasteiger partial charge in [-0.25, -0.2) is 0 Å². The smallest absolute Gasteiger partial charge is 0.262 e. The number of rotatable bonds is 1. The number of aryl methyl sites for hydroxylation is 1. The van der Waals surface area contributed by atoms with Crippen LogP contribution >= 0.6 is 0 Å². The fourth-order valence-corrected chi connectivity index (χ4v) is 3.70. The lowest BCUT2D eigenvalue weighted by molar-refractivity contribution is -0.129. The van der Waals surface area contributed by atoms with Gasteiger partial charge in [0.15, 0.2) is 5.78 Å². The molecular weight excluding hydrogens is 290 g/mol. The van der Waals surface area contributed by atoms with Crippen molar-refractivity contribution in [3.05, 3.63) is 70.8 Å². The third-order valence-corrected chi connectivity index (χ3v) is 4.95. The molecule has 2 aliphatic rings. The summed E-state index contributed by atoms with van der Waals surface area (Å²) in [5, 5.41) is 0. The van der Waals surface area contributed by atoms with E-state index in [2.05, 4.69) is 0 Å². The molecule has 2 aromatic carbocycles. The van der Waals surface area contributed by atoms with Crippen molar-refractivity contribution in [3.63, 3.8) is 0 Å². The number of hydrogen-bond acceptors (Lipinski definition) is 3. The van der Waals surface area contributed by atoms with E-state index in [1.165, 1.54) is 0 Å². The molecule has 1 unspecified atom stereocenters. The predicted molar refractivity (Wildman–Crippen MR) is 84.1 cm³/mol. The SMILES string of the molecule is CC1(N2C(=O)c3ccccc3C2=O)C(=O)CCc2ccccc21. The Morgan fingerprint density at radius 1 is 0.826 bits per heavy atom. The highest BCUT2D eigenvalue weighted by molar-refractivity contribution is 6.23. The van der Waals surface area contributed by atoms with Gasteiger partial charge in [-0.05, 0) is 36.6 Å². The molecule has 0 bridgehead atoms. The van der Waals surface area contributed by atoms with Gasteiger partial charge in [0.1, 0.15) is 5.54 Å². The Morgan fingerprint density at radius 2 is 1.39 bits per heavy atom. The first kappa shape index (κ1) is 13.9. The number of benzene rings is 2. The molecule has 4 heteroatoms. The molecule has 1 heterocycles. The van der Waals surface area contributed by atoms with Gasteiger partial charge in [-0.2, -0.15) is 0 Å². The van der Waals surface area contributed by atoms with Gasteiger partial charge in [0.25, 0.3) is 11.8 Å². The van der Waals surface area contributed by atoms with Gasteiger partial charge < -0.3 is 0 Å². The van der Waals surface area contributed by atoms with Crippen LogP contribution in [0.5, 0.6) is 0 Å². The van der Waals surface area contributed by atoms with Gasteiger partial charge in [0.05, 0.1) is 11.1 Å². The van der Waals surface area contributed by atoms with Crippen molar-refractivity contribution in [1.82, 2.24) is 4.90 Å². The van der Waals surface area contributed by atoms with Crippen LogP contribution in [0.2, 0.25) is 0 Å². The zero-order valence-corrected chi connectivity index (χ0v) is 12.7. The summed E-state index contributed by atoms with van der Waals surface area (Å²) in [7, 11) is 0. The third kappa shape index (κ3) is 1.69. The predicted octanol–water partition coefficient (Wildman–Crippen LogP) is 2.71. The molecule has 2 aromatic rings. The molecule has 2 amide bonds. The highest BCUT2D eigenvalue weighted by atomic mass is 16.2. The van der Waals surface area contributed by atoms with E-state index in [0.717, 1.165) is 16.0 Å². The molecule has 1 aliphatic heterocycles. The second-order valence-corrected chi connectivity index (χ2v) is 6.14. The average Bonchev–Trinajstić information content (AvgIpc) is 2.83. The summed E-state index contributed by atoms with van der Waals surface area (Å²) in [4.78, 5) is 39.6. The molecule has 0 saturated heterocycles. The summed E-state index contributed by atoms with van der Waals surface area (Å²) >= 11 is 0. The quantitative estimate of drug-likeness (QED) is 0.761. The molecule has 1 atom stereocenters. The molecule has 4 rings (SSSR count). The second kappa shape index (κ2) is 4.62. The normalized spacial score (nSPS) is 23.0. The van der Waals surface area contributed by atoms with Gasteiger partial charge in [-0.1, -0.05) is 36.4 Å². The molecule has 0 fully saturated rings. The van der Waals surface area contributed by atoms with E-state index < -0.39 is 17.4 Å². The summed E-state index contributed by atoms with van der Waals surface area (Å²) < 4.78 is 0. The summed E-state index contributed by atoms with van der Waals surface area (Å²) in [5.74, 6) is -0.873. The van der Waals surface area contributed by atoms with E-state index in [1.807, 2.05) is 24.3 Å². The van der Waals surface area contributed by atoms with Gasteiger partial charge in [0.2, 0.25) is 0 Å². The molecule has 1 aliphatic carbocycles. The summed E-state index contributed by atoms with van der Waals surface area (Å²) in [6.07, 6.45) is 0.981. The number of fused-ring (bicyclic) bond motifs is 2. The summed E-state index contributed by atoms with van der Waals surface area (Å²) in [6, 6.07) is 14.3. The van der Waals surface area contributed by atoms with Crippen molar-refractivity contribution in [2.24, 2.45) is 0 Å². The topological polar surface area (TPSA) is 54.5 Å². The van der Waals surface area contributed by atoms with Crippen LogP contribution in [0.15, 0.2) is 48.5 Å². The number of ketones is 1. The van der Waals surface area contributed by atoms with E-state index in [1.54, 1.807) is 31.2 Å². The molecule has 0 spiro atoms. The minimum Gasteiger partial charge on any atom is -0.297 e. The zero-order chi connectivity index (χ0) is 16.2. The molecule has 23 heavy (non-hydrogen) atoms. The van der Waals surface area contributed by atoms with Crippen molar-refractivity contribution in [2.75, 3.05) is 0 Å². The lowest BCUT2D eigenvalue weighted by Gasteiger charge is -2.40. The molecule has 114 valence electrons. The minimum atomic E-state index is -1.23. The van der Waals surface area contributed by atoms with Gasteiger partial charge in [0, 0.05) is 6.42 Å². The zero-order valence-electron chi connectivity index (χ0n) is 12.7. The van der Waals surface area contributed by atoms with E-state index >= 15 is 0 Å². The van der Waals surface area contributed by atoms with E-state index in [9.17, 15) is 14.4 Å². The van der Waals surface area contributed by atoms with Gasteiger partial charge >= 0.3 is 0 Å². The fraction of sp³-hybridized carbons (Fsp3) is 0.211. The van der Waals surface area contributed by atoms with Gasteiger partial charge in [-0.3, -0.25) is 19.3 Å². The Kier molecular flexibility index (Phi) is 2.79. The standard InChI is InChI=1S/C19H15NO3/c1-19(15-9-5-2-6-12(15)10-11-16(19)21)20-17(22)13-7-3-4-8-14(13)18(20)23/h2-9H,10-11H2,1H3. The molecule has 0 N–H and O–H groups in total. The molecule has 0 aromatic heterocycles. The summed E-state index contributed by atoms with van der Waals surface area (Å²) in [6.45, 7) is 1.69. The van der Waals surface area contributed by atoms with Crippen LogP contribution in [-0.4, -0.2) is 22.5 Å². The summed E-state index contributed by atoms with van der Waals surface area (Å²) in [5.41, 5.74) is 1.28. The van der Waals surface area contributed by atoms with Crippen LogP contribution in [0, 0.1) is 0 Å². The number of carbonyl (C=O) groups excluding carboxylic acids is 3. The van der Waals surface area contributed by atoms with Crippen LogP contribution in [0.1, 0.15) is 45.2 Å². The number of nitrogens with zero attached hydrogens (tertiary/aromatic N) is 1.